The lowest BCUT2D eigenvalue weighted by Gasteiger charge is -2.30. The van der Waals surface area contributed by atoms with E-state index in [1.54, 1.807) is 12.1 Å². The highest BCUT2D eigenvalue weighted by molar-refractivity contribution is 9.10. The predicted molar refractivity (Wildman–Crippen MR) is 82.2 cm³/mol. The summed E-state index contributed by atoms with van der Waals surface area (Å²) in [5.74, 6) is -0.00446. The van der Waals surface area contributed by atoms with Crippen LogP contribution in [0.15, 0.2) is 22.7 Å². The van der Waals surface area contributed by atoms with Crippen LogP contribution in [0, 0.1) is 11.7 Å². The molecule has 1 amide bonds. The van der Waals surface area contributed by atoms with Crippen LogP contribution in [0.25, 0.3) is 0 Å². The molecular formula is C16H21BrFNO. The molecule has 0 bridgehead atoms. The van der Waals surface area contributed by atoms with Crippen LogP contribution in [0.5, 0.6) is 0 Å². The van der Waals surface area contributed by atoms with E-state index in [4.69, 9.17) is 0 Å². The van der Waals surface area contributed by atoms with Crippen LogP contribution in [0.2, 0.25) is 0 Å². The van der Waals surface area contributed by atoms with Gasteiger partial charge in [-0.1, -0.05) is 26.2 Å². The molecule has 110 valence electrons. The lowest BCUT2D eigenvalue weighted by atomic mass is 9.83. The average Bonchev–Trinajstić information content (AvgIpc) is 2.48. The summed E-state index contributed by atoms with van der Waals surface area (Å²) >= 11 is 3.10. The van der Waals surface area contributed by atoms with E-state index in [2.05, 4.69) is 28.2 Å². The topological polar surface area (TPSA) is 29.1 Å². The van der Waals surface area contributed by atoms with Gasteiger partial charge >= 0.3 is 0 Å². The molecule has 1 fully saturated rings. The number of rotatable bonds is 4. The minimum Gasteiger partial charge on any atom is -0.349 e. The van der Waals surface area contributed by atoms with Gasteiger partial charge in [0, 0.05) is 11.6 Å². The van der Waals surface area contributed by atoms with Crippen LogP contribution in [0.4, 0.5) is 4.39 Å². The van der Waals surface area contributed by atoms with Gasteiger partial charge < -0.3 is 5.32 Å². The molecular weight excluding hydrogens is 321 g/mol. The number of carbonyl (C=O) groups excluding carboxylic acids is 1. The molecule has 2 nitrogen and oxygen atoms in total. The van der Waals surface area contributed by atoms with Crippen LogP contribution in [0.3, 0.4) is 0 Å². The van der Waals surface area contributed by atoms with Crippen molar-refractivity contribution in [3.8, 4) is 0 Å². The minimum atomic E-state index is -0.400. The third-order valence-electron chi connectivity index (χ3n) is 4.16. The summed E-state index contributed by atoms with van der Waals surface area (Å²) in [6.45, 7) is 2.10. The van der Waals surface area contributed by atoms with Crippen molar-refractivity contribution in [3.63, 3.8) is 0 Å². The van der Waals surface area contributed by atoms with E-state index in [1.807, 2.05) is 0 Å². The molecule has 20 heavy (non-hydrogen) atoms. The Bertz CT molecular complexity index is 472. The Morgan fingerprint density at radius 2 is 2.10 bits per heavy atom. The standard InChI is InChI=1S/C16H21BrFNO/c1-2-15(11-6-4-3-5-7-11)19-16(20)12-8-9-13(17)14(18)10-12/h8-11,15H,2-7H2,1H3,(H,19,20). The van der Waals surface area contributed by atoms with Crippen LogP contribution in [0.1, 0.15) is 55.8 Å². The monoisotopic (exact) mass is 341 g/mol. The highest BCUT2D eigenvalue weighted by Gasteiger charge is 2.24. The zero-order valence-corrected chi connectivity index (χ0v) is 13.4. The Kier molecular flexibility index (Phi) is 5.58. The summed E-state index contributed by atoms with van der Waals surface area (Å²) in [6.07, 6.45) is 7.11. The summed E-state index contributed by atoms with van der Waals surface area (Å²) < 4.78 is 13.9. The molecule has 1 aliphatic rings. The maximum absolute atomic E-state index is 13.5. The molecule has 1 saturated carbocycles. The van der Waals surface area contributed by atoms with E-state index in [9.17, 15) is 9.18 Å². The van der Waals surface area contributed by atoms with E-state index in [1.165, 1.54) is 38.2 Å². The Morgan fingerprint density at radius 1 is 1.40 bits per heavy atom. The Balaban J connectivity index is 2.02. The number of halogens is 2. The molecule has 1 N–H and O–H groups in total. The van der Waals surface area contributed by atoms with Crippen molar-refractivity contribution in [2.24, 2.45) is 5.92 Å². The fourth-order valence-electron chi connectivity index (χ4n) is 2.98. The normalized spacial score (nSPS) is 17.8. The molecule has 4 heteroatoms. The fraction of sp³-hybridized carbons (Fsp3) is 0.562. The molecule has 0 radical (unpaired) electrons. The van der Waals surface area contributed by atoms with Gasteiger partial charge in [-0.2, -0.15) is 0 Å². The lowest BCUT2D eigenvalue weighted by Crippen LogP contribution is -2.40. The number of hydrogen-bond donors (Lipinski definition) is 1. The van der Waals surface area contributed by atoms with Crippen LogP contribution in [-0.2, 0) is 0 Å². The number of benzene rings is 1. The first-order valence-electron chi connectivity index (χ1n) is 7.37. The van der Waals surface area contributed by atoms with Crippen LogP contribution in [-0.4, -0.2) is 11.9 Å². The highest BCUT2D eigenvalue weighted by Crippen LogP contribution is 2.28. The highest BCUT2D eigenvalue weighted by atomic mass is 79.9. The van der Waals surface area contributed by atoms with E-state index >= 15 is 0 Å². The summed E-state index contributed by atoms with van der Waals surface area (Å²) in [4.78, 5) is 12.2. The Morgan fingerprint density at radius 3 is 2.70 bits per heavy atom. The first kappa shape index (κ1) is 15.5. The van der Waals surface area contributed by atoms with Crippen molar-refractivity contribution < 1.29 is 9.18 Å². The summed E-state index contributed by atoms with van der Waals surface area (Å²) in [7, 11) is 0. The van der Waals surface area contributed by atoms with Crippen molar-refractivity contribution in [1.82, 2.24) is 5.32 Å². The second kappa shape index (κ2) is 7.21. The lowest BCUT2D eigenvalue weighted by molar-refractivity contribution is 0.0910. The molecule has 0 spiro atoms. The van der Waals surface area contributed by atoms with E-state index in [0.29, 0.717) is 16.0 Å². The van der Waals surface area contributed by atoms with Gasteiger partial charge in [-0.05, 0) is 59.3 Å². The third-order valence-corrected chi connectivity index (χ3v) is 4.80. The van der Waals surface area contributed by atoms with Crippen LogP contribution >= 0.6 is 15.9 Å². The van der Waals surface area contributed by atoms with Crippen molar-refractivity contribution in [2.45, 2.75) is 51.5 Å². The van der Waals surface area contributed by atoms with Gasteiger partial charge in [0.1, 0.15) is 5.82 Å². The van der Waals surface area contributed by atoms with Gasteiger partial charge in [-0.25, -0.2) is 4.39 Å². The Labute approximate surface area is 128 Å². The summed E-state index contributed by atoms with van der Waals surface area (Å²) in [5.41, 5.74) is 0.389. The number of nitrogens with one attached hydrogen (secondary N) is 1. The first-order chi connectivity index (χ1) is 9.61. The van der Waals surface area contributed by atoms with Crippen molar-refractivity contribution in [2.75, 3.05) is 0 Å². The molecule has 0 aromatic heterocycles. The minimum absolute atomic E-state index is 0.172. The molecule has 1 aromatic carbocycles. The van der Waals surface area contributed by atoms with Crippen molar-refractivity contribution in [1.29, 1.82) is 0 Å². The van der Waals surface area contributed by atoms with Gasteiger partial charge in [-0.15, -0.1) is 0 Å². The molecule has 2 rings (SSSR count). The quantitative estimate of drug-likeness (QED) is 0.846. The smallest absolute Gasteiger partial charge is 0.251 e. The molecule has 0 heterocycles. The van der Waals surface area contributed by atoms with E-state index in [0.717, 1.165) is 6.42 Å². The predicted octanol–water partition coefficient (Wildman–Crippen LogP) is 4.68. The molecule has 1 unspecified atom stereocenters. The van der Waals surface area contributed by atoms with Crippen LogP contribution < -0.4 is 5.32 Å². The second-order valence-corrected chi connectivity index (χ2v) is 6.37. The maximum atomic E-state index is 13.5. The van der Waals surface area contributed by atoms with E-state index < -0.39 is 5.82 Å². The molecule has 1 aliphatic carbocycles. The van der Waals surface area contributed by atoms with Gasteiger partial charge in [0.05, 0.1) is 4.47 Å². The maximum Gasteiger partial charge on any atom is 0.251 e. The third kappa shape index (κ3) is 3.81. The SMILES string of the molecule is CCC(NC(=O)c1ccc(Br)c(F)c1)C1CCCCC1. The average molecular weight is 342 g/mol. The molecule has 1 atom stereocenters. The molecule has 0 aliphatic heterocycles. The van der Waals surface area contributed by atoms with E-state index in [-0.39, 0.29) is 11.9 Å². The van der Waals surface area contributed by atoms with Gasteiger partial charge in [-0.3, -0.25) is 4.79 Å². The Hall–Kier alpha value is -0.900. The largest absolute Gasteiger partial charge is 0.349 e. The van der Waals surface area contributed by atoms with Gasteiger partial charge in [0.15, 0.2) is 0 Å². The molecule has 1 aromatic rings. The van der Waals surface area contributed by atoms with Gasteiger partial charge in [0.2, 0.25) is 0 Å². The number of hydrogen-bond acceptors (Lipinski definition) is 1. The summed E-state index contributed by atoms with van der Waals surface area (Å²) in [6, 6.07) is 4.71. The number of carbonyl (C=O) groups is 1. The van der Waals surface area contributed by atoms with Gasteiger partial charge in [0.25, 0.3) is 5.91 Å². The first-order valence-corrected chi connectivity index (χ1v) is 8.17. The number of amides is 1. The summed E-state index contributed by atoms with van der Waals surface area (Å²) in [5, 5.41) is 3.08. The second-order valence-electron chi connectivity index (χ2n) is 5.52. The van der Waals surface area contributed by atoms with Crippen molar-refractivity contribution in [3.05, 3.63) is 34.1 Å². The fourth-order valence-corrected chi connectivity index (χ4v) is 3.23. The zero-order chi connectivity index (χ0) is 14.5. The molecule has 0 saturated heterocycles. The van der Waals surface area contributed by atoms with Crippen molar-refractivity contribution >= 4 is 21.8 Å². The zero-order valence-electron chi connectivity index (χ0n) is 11.8.